The van der Waals surface area contributed by atoms with Crippen LogP contribution in [-0.2, 0) is 6.42 Å². The van der Waals surface area contributed by atoms with E-state index in [1.54, 1.807) is 0 Å². The van der Waals surface area contributed by atoms with Crippen LogP contribution >= 0.6 is 0 Å². The third kappa shape index (κ3) is 0.833. The fourth-order valence-corrected chi connectivity index (χ4v) is 8.76. The Morgan fingerprint density at radius 3 is 2.71 bits per heavy atom. The Hall–Kier alpha value is -0.860. The molecule has 7 aliphatic rings. The van der Waals surface area contributed by atoms with Crippen LogP contribution in [0, 0.1) is 47.3 Å². The van der Waals surface area contributed by atoms with Crippen LogP contribution in [0.15, 0.2) is 30.3 Å². The van der Waals surface area contributed by atoms with Crippen LogP contribution in [0.1, 0.15) is 12.0 Å². The van der Waals surface area contributed by atoms with E-state index >= 15 is 0 Å². The second-order valence-electron chi connectivity index (χ2n) is 8.63. The fraction of sp³-hybridized carbons (Fsp3) is 0.684. The molecular formula is C19H21NO. The van der Waals surface area contributed by atoms with Crippen LogP contribution in [0.3, 0.4) is 0 Å². The van der Waals surface area contributed by atoms with Gasteiger partial charge in [-0.2, -0.15) is 0 Å². The lowest BCUT2D eigenvalue weighted by Gasteiger charge is -2.45. The first-order valence-electron chi connectivity index (χ1n) is 8.85. The predicted octanol–water partition coefficient (Wildman–Crippen LogP) is 1.99. The SMILES string of the molecule is OC12C3C4CC5C6C4C1C6C(C53)N2CCc1ccccc1. The van der Waals surface area contributed by atoms with Crippen molar-refractivity contribution < 1.29 is 5.11 Å². The molecule has 2 saturated heterocycles. The van der Waals surface area contributed by atoms with Gasteiger partial charge >= 0.3 is 0 Å². The number of hydrogen-bond donors (Lipinski definition) is 1. The van der Waals surface area contributed by atoms with Gasteiger partial charge in [0.05, 0.1) is 0 Å². The zero-order chi connectivity index (χ0) is 13.5. The second kappa shape index (κ2) is 2.96. The van der Waals surface area contributed by atoms with E-state index in [0.717, 1.165) is 54.5 Å². The summed E-state index contributed by atoms with van der Waals surface area (Å²) >= 11 is 0. The number of benzene rings is 1. The highest BCUT2D eigenvalue weighted by molar-refractivity contribution is 5.40. The largest absolute Gasteiger partial charge is 0.375 e. The molecule has 8 rings (SSSR count). The summed E-state index contributed by atoms with van der Waals surface area (Å²) in [5.74, 6) is 6.96. The van der Waals surface area contributed by atoms with Crippen molar-refractivity contribution in [3.63, 3.8) is 0 Å². The first-order valence-corrected chi connectivity index (χ1v) is 8.85. The standard InChI is InChI=1S/C19H21NO/c21-19-16-11-8-10-12-13(11)17(19)15(12)18(14(10)16)20(19)7-6-9-4-2-1-3-5-9/h1-5,10-18,21H,6-8H2. The molecule has 1 aromatic rings. The summed E-state index contributed by atoms with van der Waals surface area (Å²) in [4.78, 5) is 2.59. The minimum absolute atomic E-state index is 0.383. The Labute approximate surface area is 125 Å². The van der Waals surface area contributed by atoms with Crippen LogP contribution in [0.2, 0.25) is 0 Å². The maximum atomic E-state index is 11.6. The Kier molecular flexibility index (Phi) is 1.52. The smallest absolute Gasteiger partial charge is 0.125 e. The van der Waals surface area contributed by atoms with Crippen molar-refractivity contribution in [3.8, 4) is 0 Å². The molecule has 2 aliphatic heterocycles. The summed E-state index contributed by atoms with van der Waals surface area (Å²) in [6.45, 7) is 1.07. The minimum Gasteiger partial charge on any atom is -0.375 e. The predicted molar refractivity (Wildman–Crippen MR) is 78.1 cm³/mol. The van der Waals surface area contributed by atoms with Crippen molar-refractivity contribution in [2.75, 3.05) is 6.54 Å². The zero-order valence-corrected chi connectivity index (χ0v) is 12.1. The van der Waals surface area contributed by atoms with Crippen molar-refractivity contribution in [3.05, 3.63) is 35.9 Å². The molecule has 1 aromatic carbocycles. The maximum absolute atomic E-state index is 11.6. The first-order chi connectivity index (χ1) is 10.3. The van der Waals surface area contributed by atoms with Crippen molar-refractivity contribution in [2.45, 2.75) is 24.6 Å². The lowest BCUT2D eigenvalue weighted by atomic mass is 9.59. The van der Waals surface area contributed by atoms with E-state index in [9.17, 15) is 5.11 Å². The lowest BCUT2D eigenvalue weighted by molar-refractivity contribution is -0.130. The fourth-order valence-electron chi connectivity index (χ4n) is 8.76. The Morgan fingerprint density at radius 1 is 1.00 bits per heavy atom. The molecule has 10 unspecified atom stereocenters. The molecule has 0 aromatic heterocycles. The molecule has 108 valence electrons. The lowest BCUT2D eigenvalue weighted by Crippen LogP contribution is -2.51. The van der Waals surface area contributed by atoms with Gasteiger partial charge in [0.25, 0.3) is 0 Å². The van der Waals surface area contributed by atoms with Gasteiger partial charge in [0.15, 0.2) is 0 Å². The molecule has 7 fully saturated rings. The van der Waals surface area contributed by atoms with Crippen LogP contribution in [0.5, 0.6) is 0 Å². The van der Waals surface area contributed by atoms with E-state index in [-0.39, 0.29) is 5.72 Å². The molecule has 5 saturated carbocycles. The molecule has 2 heterocycles. The second-order valence-corrected chi connectivity index (χ2v) is 8.63. The molecule has 0 amide bonds. The maximum Gasteiger partial charge on any atom is 0.125 e. The van der Waals surface area contributed by atoms with Gasteiger partial charge in [0, 0.05) is 24.4 Å². The van der Waals surface area contributed by atoms with E-state index in [2.05, 4.69) is 35.2 Å². The molecule has 0 spiro atoms. The van der Waals surface area contributed by atoms with E-state index in [1.807, 2.05) is 0 Å². The van der Waals surface area contributed by atoms with Gasteiger partial charge in [-0.25, -0.2) is 0 Å². The summed E-state index contributed by atoms with van der Waals surface area (Å²) < 4.78 is 0. The Morgan fingerprint density at radius 2 is 1.86 bits per heavy atom. The summed E-state index contributed by atoms with van der Waals surface area (Å²) in [5, 5.41) is 11.6. The van der Waals surface area contributed by atoms with Crippen LogP contribution in [0.25, 0.3) is 0 Å². The number of rotatable bonds is 3. The first kappa shape index (κ1) is 10.8. The molecular weight excluding hydrogens is 258 g/mol. The molecule has 10 atom stereocenters. The van der Waals surface area contributed by atoms with Gasteiger partial charge in [0.1, 0.15) is 5.72 Å². The number of nitrogens with zero attached hydrogens (tertiary/aromatic N) is 1. The van der Waals surface area contributed by atoms with Crippen molar-refractivity contribution in [1.29, 1.82) is 0 Å². The normalized spacial score (nSPS) is 63.2. The topological polar surface area (TPSA) is 23.5 Å². The van der Waals surface area contributed by atoms with Gasteiger partial charge < -0.3 is 5.11 Å². The third-order valence-corrected chi connectivity index (χ3v) is 8.70. The van der Waals surface area contributed by atoms with Gasteiger partial charge in [0.2, 0.25) is 0 Å². The third-order valence-electron chi connectivity index (χ3n) is 8.70. The van der Waals surface area contributed by atoms with E-state index in [1.165, 1.54) is 12.0 Å². The number of aliphatic hydroxyl groups is 1. The average molecular weight is 279 g/mol. The van der Waals surface area contributed by atoms with Gasteiger partial charge in [-0.15, -0.1) is 0 Å². The molecule has 21 heavy (non-hydrogen) atoms. The summed E-state index contributed by atoms with van der Waals surface area (Å²) in [6, 6.07) is 11.6. The summed E-state index contributed by atoms with van der Waals surface area (Å²) in [5.41, 5.74) is 1.04. The molecule has 1 N–H and O–H groups in total. The molecule has 2 nitrogen and oxygen atoms in total. The van der Waals surface area contributed by atoms with Crippen molar-refractivity contribution >= 4 is 0 Å². The highest BCUT2D eigenvalue weighted by Gasteiger charge is 2.93. The van der Waals surface area contributed by atoms with Crippen LogP contribution in [-0.4, -0.2) is 28.3 Å². The van der Waals surface area contributed by atoms with Gasteiger partial charge in [-0.3, -0.25) is 4.90 Å². The zero-order valence-electron chi connectivity index (χ0n) is 12.1. The molecule has 4 bridgehead atoms. The quantitative estimate of drug-likeness (QED) is 0.914. The van der Waals surface area contributed by atoms with E-state index in [0.29, 0.717) is 11.8 Å². The van der Waals surface area contributed by atoms with Gasteiger partial charge in [-0.1, -0.05) is 30.3 Å². The molecule has 5 aliphatic carbocycles. The summed E-state index contributed by atoms with van der Waals surface area (Å²) in [7, 11) is 0. The molecule has 2 heteroatoms. The van der Waals surface area contributed by atoms with E-state index < -0.39 is 0 Å². The summed E-state index contributed by atoms with van der Waals surface area (Å²) in [6.07, 6.45) is 2.58. The monoisotopic (exact) mass is 279 g/mol. The van der Waals surface area contributed by atoms with Crippen molar-refractivity contribution in [2.24, 2.45) is 47.3 Å². The Balaban J connectivity index is 1.27. The number of hydrogen-bond acceptors (Lipinski definition) is 2. The van der Waals surface area contributed by atoms with Gasteiger partial charge in [-0.05, 0) is 53.9 Å². The molecule has 0 radical (unpaired) electrons. The highest BCUT2D eigenvalue weighted by atomic mass is 16.3. The van der Waals surface area contributed by atoms with Crippen LogP contribution < -0.4 is 0 Å². The highest BCUT2D eigenvalue weighted by Crippen LogP contribution is 2.90. The Bertz CT molecular complexity index is 659. The minimum atomic E-state index is -0.383. The van der Waals surface area contributed by atoms with Crippen LogP contribution in [0.4, 0.5) is 0 Å². The van der Waals surface area contributed by atoms with E-state index in [4.69, 9.17) is 0 Å². The average Bonchev–Trinajstić information content (AvgIpc) is 3.10. The van der Waals surface area contributed by atoms with Crippen molar-refractivity contribution in [1.82, 2.24) is 4.90 Å².